The van der Waals surface area contributed by atoms with E-state index in [0.717, 1.165) is 21.3 Å². The molecule has 0 saturated heterocycles. The second kappa shape index (κ2) is 9.05. The molecular formula is C24H21ClN2O4S2. The number of ether oxygens (including phenoxy) is 1. The second-order valence-electron chi connectivity index (χ2n) is 7.43. The van der Waals surface area contributed by atoms with E-state index in [-0.39, 0.29) is 15.8 Å². The van der Waals surface area contributed by atoms with Crippen LogP contribution < -0.4 is 14.4 Å². The highest BCUT2D eigenvalue weighted by molar-refractivity contribution is 7.92. The Hall–Kier alpha value is -3.07. The Labute approximate surface area is 201 Å². The van der Waals surface area contributed by atoms with Gasteiger partial charge in [-0.1, -0.05) is 23.7 Å². The van der Waals surface area contributed by atoms with E-state index in [4.69, 9.17) is 16.3 Å². The summed E-state index contributed by atoms with van der Waals surface area (Å²) in [5.74, 6) is 0.187. The van der Waals surface area contributed by atoms with Crippen molar-refractivity contribution in [3.8, 4) is 5.75 Å². The van der Waals surface area contributed by atoms with Gasteiger partial charge in [0.1, 0.15) is 5.75 Å². The molecule has 0 atom stereocenters. The summed E-state index contributed by atoms with van der Waals surface area (Å²) in [7, 11) is -0.901. The lowest BCUT2D eigenvalue weighted by Crippen LogP contribution is -2.26. The number of benzene rings is 3. The van der Waals surface area contributed by atoms with E-state index in [0.29, 0.717) is 16.3 Å². The summed E-state index contributed by atoms with van der Waals surface area (Å²) in [5.41, 5.74) is 2.25. The highest BCUT2D eigenvalue weighted by Crippen LogP contribution is 2.33. The Balaban J connectivity index is 1.61. The van der Waals surface area contributed by atoms with Crippen molar-refractivity contribution < 1.29 is 17.9 Å². The average molecular weight is 501 g/mol. The van der Waals surface area contributed by atoms with Crippen LogP contribution in [0.25, 0.3) is 10.1 Å². The molecule has 1 amide bonds. The van der Waals surface area contributed by atoms with Gasteiger partial charge in [-0.25, -0.2) is 8.42 Å². The molecule has 1 heterocycles. The van der Waals surface area contributed by atoms with Gasteiger partial charge in [-0.05, 0) is 72.5 Å². The number of nitrogens with one attached hydrogen (secondary N) is 1. The summed E-state index contributed by atoms with van der Waals surface area (Å²) in [4.78, 5) is 13.3. The summed E-state index contributed by atoms with van der Waals surface area (Å²) in [6.45, 7) is 1.96. The molecule has 6 nitrogen and oxygen atoms in total. The van der Waals surface area contributed by atoms with Gasteiger partial charge in [-0.15, -0.1) is 11.3 Å². The fourth-order valence-corrected chi connectivity index (χ4v) is 5.83. The molecule has 1 aromatic heterocycles. The molecule has 0 aliphatic carbocycles. The first-order valence-electron chi connectivity index (χ1n) is 9.93. The van der Waals surface area contributed by atoms with E-state index in [9.17, 15) is 13.2 Å². The number of aryl methyl sites for hydroxylation is 1. The predicted octanol–water partition coefficient (Wildman–Crippen LogP) is 5.95. The second-order valence-corrected chi connectivity index (χ2v) is 10.9. The van der Waals surface area contributed by atoms with Crippen LogP contribution >= 0.6 is 22.9 Å². The number of nitrogens with zero attached hydrogens (tertiary/aromatic N) is 1. The van der Waals surface area contributed by atoms with Crippen LogP contribution in [0.5, 0.6) is 5.75 Å². The van der Waals surface area contributed by atoms with Crippen LogP contribution in [0, 0.1) is 6.92 Å². The lowest BCUT2D eigenvalue weighted by atomic mass is 10.2. The number of thiophene rings is 1. The van der Waals surface area contributed by atoms with E-state index in [1.807, 2.05) is 37.3 Å². The third-order valence-electron chi connectivity index (χ3n) is 5.14. The fraction of sp³-hybridized carbons (Fsp3) is 0.125. The zero-order valence-electron chi connectivity index (χ0n) is 18.1. The Bertz CT molecular complexity index is 1460. The molecule has 0 aliphatic rings. The molecule has 170 valence electrons. The van der Waals surface area contributed by atoms with Gasteiger partial charge in [-0.2, -0.15) is 0 Å². The quantitative estimate of drug-likeness (QED) is 0.355. The van der Waals surface area contributed by atoms with E-state index in [2.05, 4.69) is 5.32 Å². The molecule has 33 heavy (non-hydrogen) atoms. The Morgan fingerprint density at radius 2 is 1.85 bits per heavy atom. The molecule has 0 unspecified atom stereocenters. The largest absolute Gasteiger partial charge is 0.495 e. The van der Waals surface area contributed by atoms with Crippen molar-refractivity contribution in [2.75, 3.05) is 23.8 Å². The minimum absolute atomic E-state index is 0.0550. The van der Waals surface area contributed by atoms with Gasteiger partial charge in [0.05, 0.1) is 27.6 Å². The molecule has 9 heteroatoms. The normalized spacial score (nSPS) is 11.4. The van der Waals surface area contributed by atoms with E-state index in [1.54, 1.807) is 18.2 Å². The van der Waals surface area contributed by atoms with E-state index in [1.165, 1.54) is 48.0 Å². The number of rotatable bonds is 6. The molecule has 0 fully saturated rings. The Morgan fingerprint density at radius 1 is 1.06 bits per heavy atom. The number of fused-ring (bicyclic) bond motifs is 1. The van der Waals surface area contributed by atoms with Crippen LogP contribution in [0.2, 0.25) is 5.02 Å². The molecule has 0 aliphatic heterocycles. The number of hydrogen-bond donors (Lipinski definition) is 1. The standard InChI is InChI=1S/C24H21ClN2O4S2/c1-15-5-4-6-17(11-15)26-24(28)23-13-16-12-18(7-10-22(16)32-23)27(2)33(29,30)19-8-9-21(31-3)20(25)14-19/h4-14H,1-3H3,(H,26,28). The monoisotopic (exact) mass is 500 g/mol. The van der Waals surface area contributed by atoms with Gasteiger partial charge in [0.2, 0.25) is 0 Å². The number of methoxy groups -OCH3 is 1. The number of carbonyl (C=O) groups is 1. The van der Waals surface area contributed by atoms with Crippen LogP contribution in [-0.4, -0.2) is 28.5 Å². The number of halogens is 1. The molecule has 0 radical (unpaired) electrons. The maximum absolute atomic E-state index is 13.1. The molecule has 4 rings (SSSR count). The minimum atomic E-state index is -3.85. The Kier molecular flexibility index (Phi) is 6.34. The van der Waals surface area contributed by atoms with Crippen LogP contribution in [-0.2, 0) is 10.0 Å². The van der Waals surface area contributed by atoms with Gasteiger partial charge in [0, 0.05) is 17.4 Å². The number of amides is 1. The predicted molar refractivity (Wildman–Crippen MR) is 135 cm³/mol. The number of carbonyl (C=O) groups excluding carboxylic acids is 1. The third kappa shape index (κ3) is 4.68. The topological polar surface area (TPSA) is 75.7 Å². The SMILES string of the molecule is COc1ccc(S(=O)(=O)N(C)c2ccc3sc(C(=O)Nc4cccc(C)c4)cc3c2)cc1Cl. The van der Waals surface area contributed by atoms with Crippen LogP contribution in [0.4, 0.5) is 11.4 Å². The average Bonchev–Trinajstić information content (AvgIpc) is 3.22. The molecular weight excluding hydrogens is 480 g/mol. The third-order valence-corrected chi connectivity index (χ3v) is 8.34. The molecule has 1 N–H and O–H groups in total. The first kappa shape index (κ1) is 23.1. The van der Waals surface area contributed by atoms with Crippen molar-refractivity contribution in [2.24, 2.45) is 0 Å². The lowest BCUT2D eigenvalue weighted by molar-refractivity contribution is 0.103. The van der Waals surface area contributed by atoms with E-state index < -0.39 is 10.0 Å². The van der Waals surface area contributed by atoms with Crippen molar-refractivity contribution in [3.63, 3.8) is 0 Å². The van der Waals surface area contributed by atoms with Crippen LogP contribution in [0.1, 0.15) is 15.2 Å². The van der Waals surface area contributed by atoms with Crippen molar-refractivity contribution in [1.82, 2.24) is 0 Å². The van der Waals surface area contributed by atoms with Crippen LogP contribution in [0.3, 0.4) is 0 Å². The van der Waals surface area contributed by atoms with E-state index >= 15 is 0 Å². The molecule has 0 bridgehead atoms. The number of anilines is 2. The fourth-order valence-electron chi connectivity index (χ4n) is 3.36. The van der Waals surface area contributed by atoms with Crippen LogP contribution in [0.15, 0.2) is 71.6 Å². The van der Waals surface area contributed by atoms with Gasteiger partial charge in [-0.3, -0.25) is 9.10 Å². The zero-order chi connectivity index (χ0) is 23.8. The molecule has 0 spiro atoms. The summed E-state index contributed by atoms with van der Waals surface area (Å²) < 4.78 is 33.4. The molecule has 0 saturated carbocycles. The zero-order valence-corrected chi connectivity index (χ0v) is 20.5. The van der Waals surface area contributed by atoms with Gasteiger partial charge in [0.25, 0.3) is 15.9 Å². The smallest absolute Gasteiger partial charge is 0.265 e. The molecule has 3 aromatic carbocycles. The van der Waals surface area contributed by atoms with Crippen molar-refractivity contribution in [2.45, 2.75) is 11.8 Å². The van der Waals surface area contributed by atoms with Crippen molar-refractivity contribution in [1.29, 1.82) is 0 Å². The van der Waals surface area contributed by atoms with Gasteiger partial charge >= 0.3 is 0 Å². The highest BCUT2D eigenvalue weighted by atomic mass is 35.5. The summed E-state index contributed by atoms with van der Waals surface area (Å²) in [5, 5.41) is 3.89. The molecule has 4 aromatic rings. The summed E-state index contributed by atoms with van der Waals surface area (Å²) in [6.07, 6.45) is 0. The maximum Gasteiger partial charge on any atom is 0.265 e. The summed E-state index contributed by atoms with van der Waals surface area (Å²) in [6, 6.07) is 18.9. The maximum atomic E-state index is 13.1. The van der Waals surface area contributed by atoms with Crippen molar-refractivity contribution >= 4 is 60.3 Å². The van der Waals surface area contributed by atoms with Crippen molar-refractivity contribution in [3.05, 3.63) is 82.2 Å². The first-order chi connectivity index (χ1) is 15.7. The van der Waals surface area contributed by atoms with Gasteiger partial charge in [0.15, 0.2) is 0 Å². The Morgan fingerprint density at radius 3 is 2.55 bits per heavy atom. The number of hydrogen-bond acceptors (Lipinski definition) is 5. The highest BCUT2D eigenvalue weighted by Gasteiger charge is 2.23. The number of sulfonamides is 1. The summed E-state index contributed by atoms with van der Waals surface area (Å²) >= 11 is 7.47. The minimum Gasteiger partial charge on any atom is -0.495 e. The van der Waals surface area contributed by atoms with Gasteiger partial charge < -0.3 is 10.1 Å². The first-order valence-corrected chi connectivity index (χ1v) is 12.6. The lowest BCUT2D eigenvalue weighted by Gasteiger charge is -2.20.